The molecule has 0 amide bonds. The first kappa shape index (κ1) is 23.3. The van der Waals surface area contributed by atoms with Gasteiger partial charge in [0, 0.05) is 62.3 Å². The second kappa shape index (κ2) is 10.1. The lowest BCUT2D eigenvalue weighted by atomic mass is 9.91. The summed E-state index contributed by atoms with van der Waals surface area (Å²) in [5.74, 6) is 1.52. The largest absolute Gasteiger partial charge is 0.493 e. The van der Waals surface area contributed by atoms with Crippen LogP contribution in [0.4, 0.5) is 5.95 Å². The molecule has 0 saturated carbocycles. The van der Waals surface area contributed by atoms with E-state index in [1.165, 1.54) is 0 Å². The van der Waals surface area contributed by atoms with Crippen LogP contribution in [0, 0.1) is 0 Å². The molecule has 1 fully saturated rings. The molecule has 2 aliphatic heterocycles. The second-order valence-electron chi connectivity index (χ2n) is 8.79. The number of ether oxygens (including phenoxy) is 4. The summed E-state index contributed by atoms with van der Waals surface area (Å²) < 4.78 is 21.8. The summed E-state index contributed by atoms with van der Waals surface area (Å²) in [5.41, 5.74) is 2.90. The number of fused-ring (bicyclic) bond motifs is 2. The number of carbonyl (C=O) groups excluding carboxylic acids is 1. The summed E-state index contributed by atoms with van der Waals surface area (Å²) >= 11 is 0. The highest BCUT2D eigenvalue weighted by Crippen LogP contribution is 2.42. The Bertz CT molecular complexity index is 1220. The third-order valence-corrected chi connectivity index (χ3v) is 6.63. The highest BCUT2D eigenvalue weighted by Gasteiger charge is 2.28. The van der Waals surface area contributed by atoms with Crippen molar-refractivity contribution in [3.8, 4) is 22.6 Å². The molecule has 5 rings (SSSR count). The molecule has 0 spiro atoms. The number of anilines is 1. The SMILES string of the molecule is COc1cc2cc3c(c(-c4cnc(N(C)CCCN5CCOCC5)nc4)c2cc1OC)C(=O)OC3. The third kappa shape index (κ3) is 4.61. The molecule has 0 aliphatic carbocycles. The number of morpholine rings is 1. The summed E-state index contributed by atoms with van der Waals surface area (Å²) in [6.45, 7) is 5.73. The summed E-state index contributed by atoms with van der Waals surface area (Å²) in [5, 5.41) is 1.79. The minimum absolute atomic E-state index is 0.246. The van der Waals surface area contributed by atoms with E-state index in [0.717, 1.165) is 73.3 Å². The molecular weight excluding hydrogens is 448 g/mol. The van der Waals surface area contributed by atoms with Gasteiger partial charge in [-0.25, -0.2) is 14.8 Å². The van der Waals surface area contributed by atoms with Crippen molar-refractivity contribution in [3.05, 3.63) is 41.7 Å². The molecule has 2 aliphatic rings. The van der Waals surface area contributed by atoms with E-state index in [9.17, 15) is 4.79 Å². The van der Waals surface area contributed by atoms with Crippen molar-refractivity contribution in [1.82, 2.24) is 14.9 Å². The Labute approximate surface area is 204 Å². The molecule has 0 N–H and O–H groups in total. The van der Waals surface area contributed by atoms with E-state index >= 15 is 0 Å². The van der Waals surface area contributed by atoms with Crippen LogP contribution < -0.4 is 14.4 Å². The zero-order valence-corrected chi connectivity index (χ0v) is 20.4. The fourth-order valence-electron chi connectivity index (χ4n) is 4.75. The quantitative estimate of drug-likeness (QED) is 0.453. The lowest BCUT2D eigenvalue weighted by Crippen LogP contribution is -2.38. The normalized spacial score (nSPS) is 15.7. The highest BCUT2D eigenvalue weighted by molar-refractivity contribution is 6.11. The Morgan fingerprint density at radius 2 is 1.74 bits per heavy atom. The Kier molecular flexibility index (Phi) is 6.70. The Morgan fingerprint density at radius 1 is 1.03 bits per heavy atom. The summed E-state index contributed by atoms with van der Waals surface area (Å²) in [7, 11) is 5.20. The first-order valence-electron chi connectivity index (χ1n) is 11.8. The molecule has 0 radical (unpaired) electrons. The van der Waals surface area contributed by atoms with Gasteiger partial charge in [0.2, 0.25) is 5.95 Å². The van der Waals surface area contributed by atoms with E-state index in [-0.39, 0.29) is 12.6 Å². The molecule has 1 saturated heterocycles. The lowest BCUT2D eigenvalue weighted by molar-refractivity contribution is 0.0377. The highest BCUT2D eigenvalue weighted by atomic mass is 16.5. The van der Waals surface area contributed by atoms with E-state index in [1.807, 2.05) is 25.2 Å². The average molecular weight is 479 g/mol. The molecule has 9 heteroatoms. The van der Waals surface area contributed by atoms with Gasteiger partial charge in [0.1, 0.15) is 6.61 Å². The number of hydrogen-bond donors (Lipinski definition) is 0. The van der Waals surface area contributed by atoms with Crippen LogP contribution in [0.15, 0.2) is 30.6 Å². The standard InChI is InChI=1S/C26H30N4O5/c1-29(5-4-6-30-7-9-34-10-8-30)26-27-14-19(15-28-26)23-20-13-22(33-3)21(32-2)12-17(20)11-18-16-35-25(31)24(18)23/h11-15H,4-10,16H2,1-3H3. The number of aromatic nitrogens is 2. The summed E-state index contributed by atoms with van der Waals surface area (Å²) in [4.78, 5) is 26.4. The van der Waals surface area contributed by atoms with Crippen molar-refractivity contribution < 1.29 is 23.7 Å². The fraction of sp³-hybridized carbons (Fsp3) is 0.423. The monoisotopic (exact) mass is 478 g/mol. The first-order chi connectivity index (χ1) is 17.1. The first-order valence-corrected chi connectivity index (χ1v) is 11.8. The molecule has 0 unspecified atom stereocenters. The Hall–Kier alpha value is -3.43. The van der Waals surface area contributed by atoms with Crippen LogP contribution in [-0.4, -0.2) is 81.5 Å². The third-order valence-electron chi connectivity index (χ3n) is 6.63. The average Bonchev–Trinajstić information content (AvgIpc) is 3.27. The van der Waals surface area contributed by atoms with Gasteiger partial charge in [-0.1, -0.05) is 0 Å². The van der Waals surface area contributed by atoms with Crippen molar-refractivity contribution >= 4 is 22.7 Å². The van der Waals surface area contributed by atoms with Crippen LogP contribution in [0.2, 0.25) is 0 Å². The van der Waals surface area contributed by atoms with Gasteiger partial charge in [0.15, 0.2) is 11.5 Å². The second-order valence-corrected chi connectivity index (χ2v) is 8.79. The maximum absolute atomic E-state index is 12.7. The van der Waals surface area contributed by atoms with Gasteiger partial charge in [-0.3, -0.25) is 4.90 Å². The van der Waals surface area contributed by atoms with Gasteiger partial charge < -0.3 is 23.8 Å². The van der Waals surface area contributed by atoms with E-state index in [2.05, 4.69) is 19.8 Å². The van der Waals surface area contributed by atoms with Gasteiger partial charge in [-0.15, -0.1) is 0 Å². The van der Waals surface area contributed by atoms with E-state index < -0.39 is 0 Å². The lowest BCUT2D eigenvalue weighted by Gasteiger charge is -2.27. The summed E-state index contributed by atoms with van der Waals surface area (Å²) in [6, 6.07) is 5.78. The molecule has 9 nitrogen and oxygen atoms in total. The number of nitrogens with zero attached hydrogens (tertiary/aromatic N) is 4. The zero-order chi connectivity index (χ0) is 24.4. The van der Waals surface area contributed by atoms with Gasteiger partial charge >= 0.3 is 5.97 Å². The van der Waals surface area contributed by atoms with Gasteiger partial charge in [-0.2, -0.15) is 0 Å². The molecule has 2 aromatic carbocycles. The predicted molar refractivity (Wildman–Crippen MR) is 132 cm³/mol. The van der Waals surface area contributed by atoms with Crippen molar-refractivity contribution in [2.75, 3.05) is 65.6 Å². The number of methoxy groups -OCH3 is 2. The maximum atomic E-state index is 12.7. The molecule has 0 bridgehead atoms. The smallest absolute Gasteiger partial charge is 0.339 e. The minimum Gasteiger partial charge on any atom is -0.493 e. The molecular formula is C26H30N4O5. The number of cyclic esters (lactones) is 1. The molecule has 35 heavy (non-hydrogen) atoms. The molecule has 0 atom stereocenters. The van der Waals surface area contributed by atoms with Crippen molar-refractivity contribution in [2.24, 2.45) is 0 Å². The molecule has 3 heterocycles. The minimum atomic E-state index is -0.337. The molecule has 184 valence electrons. The van der Waals surface area contributed by atoms with Crippen LogP contribution in [0.3, 0.4) is 0 Å². The van der Waals surface area contributed by atoms with Crippen molar-refractivity contribution in [3.63, 3.8) is 0 Å². The molecule has 1 aromatic heterocycles. The van der Waals surface area contributed by atoms with E-state index in [1.54, 1.807) is 26.6 Å². The van der Waals surface area contributed by atoms with E-state index in [4.69, 9.17) is 18.9 Å². The zero-order valence-electron chi connectivity index (χ0n) is 20.4. The van der Waals surface area contributed by atoms with Gasteiger partial charge in [-0.05, 0) is 35.4 Å². The predicted octanol–water partition coefficient (Wildman–Crippen LogP) is 3.14. The van der Waals surface area contributed by atoms with Crippen LogP contribution in [0.5, 0.6) is 11.5 Å². The van der Waals surface area contributed by atoms with Crippen LogP contribution in [0.1, 0.15) is 22.3 Å². The maximum Gasteiger partial charge on any atom is 0.339 e. The number of esters is 1. The number of carbonyl (C=O) groups is 1. The van der Waals surface area contributed by atoms with Crippen molar-refractivity contribution in [1.29, 1.82) is 0 Å². The van der Waals surface area contributed by atoms with Crippen LogP contribution in [0.25, 0.3) is 21.9 Å². The van der Waals surface area contributed by atoms with Crippen molar-refractivity contribution in [2.45, 2.75) is 13.0 Å². The van der Waals surface area contributed by atoms with Crippen LogP contribution in [-0.2, 0) is 16.1 Å². The van der Waals surface area contributed by atoms with E-state index in [0.29, 0.717) is 23.0 Å². The summed E-state index contributed by atoms with van der Waals surface area (Å²) in [6.07, 6.45) is 4.57. The van der Waals surface area contributed by atoms with Crippen LogP contribution >= 0.6 is 0 Å². The molecule has 3 aromatic rings. The van der Waals surface area contributed by atoms with Gasteiger partial charge in [0.25, 0.3) is 0 Å². The Balaban J connectivity index is 1.43. The Morgan fingerprint density at radius 3 is 2.46 bits per heavy atom. The fourth-order valence-corrected chi connectivity index (χ4v) is 4.75. The van der Waals surface area contributed by atoms with Gasteiger partial charge in [0.05, 0.1) is 33.0 Å². The number of hydrogen-bond acceptors (Lipinski definition) is 9. The number of benzene rings is 2. The topological polar surface area (TPSA) is 86.3 Å². The number of rotatable bonds is 8.